The quantitative estimate of drug-likeness (QED) is 0.0760. The van der Waals surface area contributed by atoms with E-state index < -0.39 is 53.9 Å². The number of nitrogens with one attached hydrogen (secondary N) is 5. The third-order valence-electron chi connectivity index (χ3n) is 9.91. The van der Waals surface area contributed by atoms with Crippen LogP contribution >= 0.6 is 0 Å². The molecule has 0 radical (unpaired) electrons. The molecule has 3 aromatic carbocycles. The number of nitrogens with zero attached hydrogens (tertiary/aromatic N) is 1. The molecule has 1 aliphatic carbocycles. The van der Waals surface area contributed by atoms with E-state index in [1.807, 2.05) is 44.2 Å². The summed E-state index contributed by atoms with van der Waals surface area (Å²) >= 11 is 0. The first kappa shape index (κ1) is 48.0. The zero-order valence-electron chi connectivity index (χ0n) is 34.2. The Bertz CT molecular complexity index is 2130. The average Bonchev–Trinajstić information content (AvgIpc) is 3.74. The van der Waals surface area contributed by atoms with E-state index in [1.165, 1.54) is 4.90 Å². The van der Waals surface area contributed by atoms with Crippen LogP contribution in [0, 0.1) is 5.92 Å². The highest BCUT2D eigenvalue weighted by Crippen LogP contribution is 2.32. The van der Waals surface area contributed by atoms with Gasteiger partial charge in [0, 0.05) is 48.4 Å². The van der Waals surface area contributed by atoms with Gasteiger partial charge in [-0.05, 0) is 43.2 Å². The standard InChI is InChI=1S/C41H49N7O7.C2HF3O2/c1-25(2)21-31(47-40(54)32(46-34(49)23-42)22-26-11-4-3-5-12-26)39(53)45-24-35(50)48-20-9-17-33(48)41(55)44-19-10-18-43-30-16-8-15-29-36(30)38(52)28-14-7-6-13-27(28)37(29)51;3-2(4,5)1(6)7/h3-8,11-16,25,31-33,43H,9-10,17-24,42H2,1-2H3,(H,44,55)(H,45,53)(H,46,49)(H,47,54);(H,6,7)/t31-,32-,33-;/m0./s1. The molecule has 8 N–H and O–H groups in total. The van der Waals surface area contributed by atoms with Crippen LogP contribution in [0.2, 0.25) is 0 Å². The van der Waals surface area contributed by atoms with Crippen molar-refractivity contribution in [3.63, 3.8) is 0 Å². The highest BCUT2D eigenvalue weighted by atomic mass is 19.4. The highest BCUT2D eigenvalue weighted by Gasteiger charge is 2.38. The van der Waals surface area contributed by atoms with Gasteiger partial charge in [0.25, 0.3) is 0 Å². The van der Waals surface area contributed by atoms with Crippen molar-refractivity contribution in [3.05, 3.63) is 101 Å². The van der Waals surface area contributed by atoms with Crippen LogP contribution in [0.5, 0.6) is 0 Å². The summed E-state index contributed by atoms with van der Waals surface area (Å²) in [6.45, 7) is 4.21. The topological polar surface area (TPSA) is 246 Å². The number of ketones is 2. The van der Waals surface area contributed by atoms with Crippen LogP contribution in [-0.2, 0) is 35.2 Å². The van der Waals surface area contributed by atoms with Crippen molar-refractivity contribution < 1.29 is 56.6 Å². The predicted molar refractivity (Wildman–Crippen MR) is 220 cm³/mol. The first-order valence-electron chi connectivity index (χ1n) is 20.0. The molecule has 19 heteroatoms. The fraction of sp³-hybridized carbons (Fsp3) is 0.395. The number of carbonyl (C=O) groups excluding carboxylic acids is 7. The molecule has 3 aromatic rings. The number of hydrogen-bond donors (Lipinski definition) is 7. The summed E-state index contributed by atoms with van der Waals surface area (Å²) in [7, 11) is 0. The van der Waals surface area contributed by atoms with Gasteiger partial charge >= 0.3 is 12.1 Å². The van der Waals surface area contributed by atoms with E-state index in [-0.39, 0.29) is 49.3 Å². The zero-order chi connectivity index (χ0) is 45.6. The molecule has 1 fully saturated rings. The number of likely N-dealkylation sites (tertiary alicyclic amines) is 1. The number of aliphatic carboxylic acids is 1. The molecule has 2 aliphatic rings. The maximum absolute atomic E-state index is 13.4. The van der Waals surface area contributed by atoms with E-state index in [0.717, 1.165) is 5.56 Å². The normalized spacial score (nSPS) is 15.2. The molecule has 0 saturated carbocycles. The lowest BCUT2D eigenvalue weighted by Gasteiger charge is -2.26. The molecule has 5 rings (SSSR count). The molecule has 5 amide bonds. The van der Waals surface area contributed by atoms with Crippen molar-refractivity contribution in [2.75, 3.05) is 38.0 Å². The second-order valence-corrected chi connectivity index (χ2v) is 15.0. The van der Waals surface area contributed by atoms with Crippen LogP contribution in [0.25, 0.3) is 0 Å². The van der Waals surface area contributed by atoms with E-state index in [4.69, 9.17) is 15.6 Å². The second kappa shape index (κ2) is 22.3. The van der Waals surface area contributed by atoms with E-state index in [0.29, 0.717) is 66.8 Å². The summed E-state index contributed by atoms with van der Waals surface area (Å²) in [6.07, 6.45) is -3.00. The molecule has 1 heterocycles. The van der Waals surface area contributed by atoms with Gasteiger partial charge in [-0.25, -0.2) is 4.79 Å². The highest BCUT2D eigenvalue weighted by molar-refractivity contribution is 6.30. The summed E-state index contributed by atoms with van der Waals surface area (Å²) in [5, 5.41) is 21.3. The minimum absolute atomic E-state index is 0.0158. The molecule has 1 saturated heterocycles. The first-order valence-corrected chi connectivity index (χ1v) is 20.0. The summed E-state index contributed by atoms with van der Waals surface area (Å²) in [5.74, 6) is -5.50. The zero-order valence-corrected chi connectivity index (χ0v) is 34.2. The Morgan fingerprint density at radius 3 is 2.06 bits per heavy atom. The molecule has 1 aliphatic heterocycles. The number of halogens is 3. The fourth-order valence-electron chi connectivity index (χ4n) is 6.95. The monoisotopic (exact) mass is 865 g/mol. The number of carbonyl (C=O) groups is 8. The lowest BCUT2D eigenvalue weighted by atomic mass is 9.83. The molecule has 3 atom stereocenters. The molecular formula is C43H50F3N7O9. The third kappa shape index (κ3) is 13.2. The number of rotatable bonds is 17. The molecule has 62 heavy (non-hydrogen) atoms. The number of fused-ring (bicyclic) bond motifs is 2. The maximum atomic E-state index is 13.4. The summed E-state index contributed by atoms with van der Waals surface area (Å²) in [4.78, 5) is 102. The van der Waals surface area contributed by atoms with Gasteiger partial charge in [-0.3, -0.25) is 33.6 Å². The molecule has 332 valence electrons. The van der Waals surface area contributed by atoms with E-state index in [9.17, 15) is 46.7 Å². The van der Waals surface area contributed by atoms with Gasteiger partial charge < -0.3 is 42.3 Å². The van der Waals surface area contributed by atoms with Crippen molar-refractivity contribution in [1.29, 1.82) is 0 Å². The average molecular weight is 866 g/mol. The number of benzene rings is 3. The van der Waals surface area contributed by atoms with Crippen LogP contribution in [0.15, 0.2) is 72.8 Å². The smallest absolute Gasteiger partial charge is 0.475 e. The van der Waals surface area contributed by atoms with Crippen molar-refractivity contribution >= 4 is 52.8 Å². The summed E-state index contributed by atoms with van der Waals surface area (Å²) < 4.78 is 31.7. The van der Waals surface area contributed by atoms with Gasteiger partial charge in [0.05, 0.1) is 18.7 Å². The van der Waals surface area contributed by atoms with E-state index in [2.05, 4.69) is 26.6 Å². The van der Waals surface area contributed by atoms with Crippen molar-refractivity contribution in [2.45, 2.75) is 70.3 Å². The summed E-state index contributed by atoms with van der Waals surface area (Å²) in [5.41, 5.74) is 8.29. The van der Waals surface area contributed by atoms with Gasteiger partial charge in [0.2, 0.25) is 29.5 Å². The van der Waals surface area contributed by atoms with Gasteiger partial charge in [-0.2, -0.15) is 13.2 Å². The Balaban J connectivity index is 0.00000111. The number of nitrogens with two attached hydrogens (primary N) is 1. The molecule has 0 unspecified atom stereocenters. The Morgan fingerprint density at radius 1 is 0.806 bits per heavy atom. The van der Waals surface area contributed by atoms with Crippen molar-refractivity contribution in [3.8, 4) is 0 Å². The van der Waals surface area contributed by atoms with Gasteiger partial charge in [-0.1, -0.05) is 80.6 Å². The van der Waals surface area contributed by atoms with Gasteiger partial charge in [0.15, 0.2) is 11.6 Å². The number of anilines is 1. The lowest BCUT2D eigenvalue weighted by Crippen LogP contribution is -2.56. The fourth-order valence-corrected chi connectivity index (χ4v) is 6.95. The third-order valence-corrected chi connectivity index (χ3v) is 9.91. The van der Waals surface area contributed by atoms with E-state index >= 15 is 0 Å². The Kier molecular flexibility index (Phi) is 17.3. The molecular weight excluding hydrogens is 816 g/mol. The largest absolute Gasteiger partial charge is 0.490 e. The molecule has 0 bridgehead atoms. The second-order valence-electron chi connectivity index (χ2n) is 15.0. The van der Waals surface area contributed by atoms with Crippen molar-refractivity contribution in [2.24, 2.45) is 11.7 Å². The number of alkyl halides is 3. The predicted octanol–water partition coefficient (Wildman–Crippen LogP) is 2.34. The molecule has 0 aromatic heterocycles. The van der Waals surface area contributed by atoms with E-state index in [1.54, 1.807) is 42.5 Å². The Hall–Kier alpha value is -6.63. The van der Waals surface area contributed by atoms with Crippen molar-refractivity contribution in [1.82, 2.24) is 26.2 Å². The first-order chi connectivity index (χ1) is 29.4. The van der Waals surface area contributed by atoms with Crippen LogP contribution in [0.3, 0.4) is 0 Å². The summed E-state index contributed by atoms with van der Waals surface area (Å²) in [6, 6.07) is 18.4. The lowest BCUT2D eigenvalue weighted by molar-refractivity contribution is -0.192. The molecule has 0 spiro atoms. The van der Waals surface area contributed by atoms with Gasteiger partial charge in [0.1, 0.15) is 18.1 Å². The number of carboxylic acids is 1. The SMILES string of the molecule is CC(C)C[C@H](NC(=O)[C@H](Cc1ccccc1)NC(=O)CN)C(=O)NCC(=O)N1CCC[C@H]1C(=O)NCCCNc1cccc2c1C(=O)c1ccccc1C2=O.O=C(O)C(F)(F)F. The maximum Gasteiger partial charge on any atom is 0.490 e. The van der Waals surface area contributed by atoms with Crippen LogP contribution in [0.4, 0.5) is 18.9 Å². The number of hydrogen-bond acceptors (Lipinski definition) is 10. The van der Waals surface area contributed by atoms with Crippen LogP contribution < -0.4 is 32.3 Å². The Morgan fingerprint density at radius 2 is 1.44 bits per heavy atom. The minimum atomic E-state index is -5.08. The van der Waals surface area contributed by atoms with Crippen LogP contribution in [0.1, 0.15) is 76.9 Å². The van der Waals surface area contributed by atoms with Gasteiger partial charge in [-0.15, -0.1) is 0 Å². The minimum Gasteiger partial charge on any atom is -0.475 e. The Labute approximate surface area is 355 Å². The van der Waals surface area contributed by atoms with Crippen LogP contribution in [-0.4, -0.2) is 114 Å². The number of carboxylic acid groups (broad SMARTS) is 1. The number of amides is 5. The molecule has 16 nitrogen and oxygen atoms in total.